The molecule has 1 heterocycles. The van der Waals surface area contributed by atoms with E-state index in [4.69, 9.17) is 14.2 Å². The Balaban J connectivity index is 1.93. The predicted molar refractivity (Wildman–Crippen MR) is 151 cm³/mol. The number of carbonyl (C=O) groups is 1. The number of nitrogens with one attached hydrogen (secondary N) is 1. The van der Waals surface area contributed by atoms with Gasteiger partial charge in [0.1, 0.15) is 5.69 Å². The zero-order valence-corrected chi connectivity index (χ0v) is 22.6. The number of methoxy groups -OCH3 is 3. The Morgan fingerprint density at radius 2 is 1.24 bits per heavy atom. The quantitative estimate of drug-likeness (QED) is 0.227. The number of nitrogens with zero attached hydrogens (tertiary/aromatic N) is 1. The summed E-state index contributed by atoms with van der Waals surface area (Å²) >= 11 is 0. The SMILES string of the molecule is COc1c(Cc2ccccc2)c(NC(C)c2cccc(C(C)=O)n2)c(Cc2ccccc2)c(OC)c1OC. The molecule has 0 saturated carbocycles. The van der Waals surface area contributed by atoms with E-state index in [2.05, 4.69) is 34.6 Å². The highest BCUT2D eigenvalue weighted by Crippen LogP contribution is 2.50. The number of anilines is 1. The first kappa shape index (κ1) is 26.7. The molecule has 0 aliphatic carbocycles. The van der Waals surface area contributed by atoms with Crippen LogP contribution >= 0.6 is 0 Å². The van der Waals surface area contributed by atoms with Gasteiger partial charge in [0.15, 0.2) is 17.3 Å². The van der Waals surface area contributed by atoms with Crippen molar-refractivity contribution in [3.8, 4) is 17.2 Å². The fourth-order valence-electron chi connectivity index (χ4n) is 4.69. The van der Waals surface area contributed by atoms with Crippen LogP contribution in [0, 0.1) is 0 Å². The fourth-order valence-corrected chi connectivity index (χ4v) is 4.69. The molecule has 4 aromatic rings. The van der Waals surface area contributed by atoms with Crippen LogP contribution in [-0.4, -0.2) is 32.1 Å². The van der Waals surface area contributed by atoms with E-state index in [0.29, 0.717) is 35.8 Å². The predicted octanol–water partition coefficient (Wildman–Crippen LogP) is 6.66. The van der Waals surface area contributed by atoms with Crippen LogP contribution in [0.1, 0.15) is 58.3 Å². The molecule has 3 aromatic carbocycles. The summed E-state index contributed by atoms with van der Waals surface area (Å²) < 4.78 is 17.8. The third-order valence-corrected chi connectivity index (χ3v) is 6.56. The summed E-state index contributed by atoms with van der Waals surface area (Å²) in [5.74, 6) is 1.72. The molecular weight excluding hydrogens is 476 g/mol. The average molecular weight is 511 g/mol. The van der Waals surface area contributed by atoms with Crippen molar-refractivity contribution in [2.24, 2.45) is 0 Å². The van der Waals surface area contributed by atoms with Gasteiger partial charge in [-0.25, -0.2) is 4.98 Å². The molecule has 6 heteroatoms. The summed E-state index contributed by atoms with van der Waals surface area (Å²) in [7, 11) is 4.92. The van der Waals surface area contributed by atoms with Crippen LogP contribution in [0.2, 0.25) is 0 Å². The Morgan fingerprint density at radius 1 is 0.737 bits per heavy atom. The van der Waals surface area contributed by atoms with Crippen molar-refractivity contribution < 1.29 is 19.0 Å². The van der Waals surface area contributed by atoms with E-state index in [0.717, 1.165) is 33.6 Å². The Morgan fingerprint density at radius 3 is 1.68 bits per heavy atom. The lowest BCUT2D eigenvalue weighted by molar-refractivity contribution is 0.101. The molecular formula is C32H34N2O4. The Labute approximate surface area is 224 Å². The second kappa shape index (κ2) is 12.3. The average Bonchev–Trinajstić information content (AvgIpc) is 2.95. The molecule has 0 aliphatic rings. The van der Waals surface area contributed by atoms with Crippen LogP contribution in [0.15, 0.2) is 78.9 Å². The smallest absolute Gasteiger partial charge is 0.204 e. The van der Waals surface area contributed by atoms with Gasteiger partial charge < -0.3 is 19.5 Å². The molecule has 0 fully saturated rings. The first-order valence-corrected chi connectivity index (χ1v) is 12.6. The molecule has 0 spiro atoms. The molecule has 1 unspecified atom stereocenters. The zero-order chi connectivity index (χ0) is 27.1. The van der Waals surface area contributed by atoms with Crippen molar-refractivity contribution in [1.82, 2.24) is 4.98 Å². The molecule has 0 radical (unpaired) electrons. The summed E-state index contributed by atoms with van der Waals surface area (Å²) in [6.07, 6.45) is 1.23. The van der Waals surface area contributed by atoms with Crippen molar-refractivity contribution in [1.29, 1.82) is 0 Å². The number of pyridine rings is 1. The standard InChI is InChI=1S/C32H34N2O4/c1-21(27-17-12-18-28(34-27)22(2)35)33-29-25(19-23-13-8-6-9-14-23)30(36-3)32(38-5)31(37-4)26(29)20-24-15-10-7-11-16-24/h6-18,21,33H,19-20H2,1-5H3. The molecule has 0 aliphatic heterocycles. The number of benzene rings is 3. The summed E-state index contributed by atoms with van der Waals surface area (Å²) in [5.41, 5.74) is 6.29. The van der Waals surface area contributed by atoms with Gasteiger partial charge in [-0.1, -0.05) is 66.7 Å². The van der Waals surface area contributed by atoms with Crippen LogP contribution in [0.3, 0.4) is 0 Å². The maximum absolute atomic E-state index is 12.0. The monoisotopic (exact) mass is 510 g/mol. The van der Waals surface area contributed by atoms with E-state index < -0.39 is 0 Å². The zero-order valence-electron chi connectivity index (χ0n) is 22.6. The maximum Gasteiger partial charge on any atom is 0.204 e. The highest BCUT2D eigenvalue weighted by Gasteiger charge is 2.28. The molecule has 196 valence electrons. The van der Waals surface area contributed by atoms with Crippen LogP contribution in [0.25, 0.3) is 0 Å². The minimum absolute atomic E-state index is 0.0682. The van der Waals surface area contributed by atoms with Gasteiger partial charge in [-0.05, 0) is 30.2 Å². The highest BCUT2D eigenvalue weighted by atomic mass is 16.5. The highest BCUT2D eigenvalue weighted by molar-refractivity contribution is 5.92. The van der Waals surface area contributed by atoms with Gasteiger partial charge in [0.25, 0.3) is 0 Å². The summed E-state index contributed by atoms with van der Waals surface area (Å²) in [6.45, 7) is 3.56. The van der Waals surface area contributed by atoms with Crippen molar-refractivity contribution in [2.45, 2.75) is 32.7 Å². The van der Waals surface area contributed by atoms with Gasteiger partial charge in [0.2, 0.25) is 5.75 Å². The summed E-state index contributed by atoms with van der Waals surface area (Å²) in [5, 5.41) is 3.71. The third kappa shape index (κ3) is 5.80. The molecule has 1 aromatic heterocycles. The van der Waals surface area contributed by atoms with E-state index in [1.807, 2.05) is 55.5 Å². The molecule has 38 heavy (non-hydrogen) atoms. The van der Waals surface area contributed by atoms with E-state index in [9.17, 15) is 4.79 Å². The van der Waals surface area contributed by atoms with Gasteiger partial charge in [-0.3, -0.25) is 4.79 Å². The molecule has 0 bridgehead atoms. The van der Waals surface area contributed by atoms with Gasteiger partial charge in [0, 0.05) is 36.6 Å². The second-order valence-electron chi connectivity index (χ2n) is 9.13. The van der Waals surface area contributed by atoms with Crippen molar-refractivity contribution in [2.75, 3.05) is 26.6 Å². The molecule has 6 nitrogen and oxygen atoms in total. The van der Waals surface area contributed by atoms with Crippen LogP contribution in [0.5, 0.6) is 17.2 Å². The number of aromatic nitrogens is 1. The van der Waals surface area contributed by atoms with Gasteiger partial charge >= 0.3 is 0 Å². The largest absolute Gasteiger partial charge is 0.492 e. The normalized spacial score (nSPS) is 11.5. The van der Waals surface area contributed by atoms with E-state index in [1.165, 1.54) is 6.92 Å². The minimum Gasteiger partial charge on any atom is -0.492 e. The first-order chi connectivity index (χ1) is 18.5. The minimum atomic E-state index is -0.207. The molecule has 1 N–H and O–H groups in total. The molecule has 1 atom stereocenters. The Kier molecular flexibility index (Phi) is 8.64. The molecule has 0 amide bonds. The topological polar surface area (TPSA) is 69.7 Å². The van der Waals surface area contributed by atoms with E-state index in [1.54, 1.807) is 27.4 Å². The Hall–Kier alpha value is -4.32. The van der Waals surface area contributed by atoms with Crippen molar-refractivity contribution >= 4 is 11.5 Å². The van der Waals surface area contributed by atoms with Crippen molar-refractivity contribution in [3.63, 3.8) is 0 Å². The van der Waals surface area contributed by atoms with Crippen LogP contribution < -0.4 is 19.5 Å². The number of carbonyl (C=O) groups excluding carboxylic acids is 1. The third-order valence-electron chi connectivity index (χ3n) is 6.56. The fraction of sp³-hybridized carbons (Fsp3) is 0.250. The van der Waals surface area contributed by atoms with Gasteiger partial charge in [-0.2, -0.15) is 0 Å². The lowest BCUT2D eigenvalue weighted by Crippen LogP contribution is -2.16. The van der Waals surface area contributed by atoms with E-state index >= 15 is 0 Å². The molecule has 4 rings (SSSR count). The number of ketones is 1. The number of hydrogen-bond donors (Lipinski definition) is 1. The number of Topliss-reactive ketones (excluding diaryl/α,β-unsaturated/α-hetero) is 1. The number of hydrogen-bond acceptors (Lipinski definition) is 6. The van der Waals surface area contributed by atoms with Crippen molar-refractivity contribution in [3.05, 3.63) is 113 Å². The first-order valence-electron chi connectivity index (χ1n) is 12.6. The van der Waals surface area contributed by atoms with Crippen LogP contribution in [-0.2, 0) is 12.8 Å². The lowest BCUT2D eigenvalue weighted by Gasteiger charge is -2.27. The summed E-state index contributed by atoms with van der Waals surface area (Å²) in [4.78, 5) is 16.6. The Bertz CT molecular complexity index is 1320. The number of rotatable bonds is 11. The summed E-state index contributed by atoms with van der Waals surface area (Å²) in [6, 6.07) is 25.8. The lowest BCUT2D eigenvalue weighted by atomic mass is 9.93. The number of ether oxygens (including phenoxy) is 3. The second-order valence-corrected chi connectivity index (χ2v) is 9.13. The van der Waals surface area contributed by atoms with Crippen LogP contribution in [0.4, 0.5) is 5.69 Å². The van der Waals surface area contributed by atoms with Gasteiger partial charge in [-0.15, -0.1) is 0 Å². The van der Waals surface area contributed by atoms with E-state index in [-0.39, 0.29) is 11.8 Å². The van der Waals surface area contributed by atoms with Gasteiger partial charge in [0.05, 0.1) is 33.1 Å². The maximum atomic E-state index is 12.0. The molecule has 0 saturated heterocycles.